The smallest absolute Gasteiger partial charge is 0.225 e. The molecule has 0 aromatic heterocycles. The number of piperidine rings is 1. The van der Waals surface area contributed by atoms with Crippen LogP contribution in [0.4, 0.5) is 0 Å². The van der Waals surface area contributed by atoms with Gasteiger partial charge in [0.15, 0.2) is 11.5 Å². The molecule has 0 unspecified atom stereocenters. The number of carbonyl (C=O) groups excluding carboxylic acids is 1. The Morgan fingerprint density at radius 2 is 2.00 bits per heavy atom. The van der Waals surface area contributed by atoms with Gasteiger partial charge in [-0.2, -0.15) is 0 Å². The van der Waals surface area contributed by atoms with Gasteiger partial charge in [0.05, 0.1) is 20.1 Å². The lowest BCUT2D eigenvalue weighted by molar-refractivity contribution is -0.133. The first-order chi connectivity index (χ1) is 11.0. The minimum Gasteiger partial charge on any atom is -0.493 e. The summed E-state index contributed by atoms with van der Waals surface area (Å²) in [7, 11) is 5.66. The molecule has 1 saturated heterocycles. The molecular weight excluding hydrogens is 292 g/mol. The number of aryl methyl sites for hydroxylation is 1. The molecule has 1 amide bonds. The van der Waals surface area contributed by atoms with Crippen molar-refractivity contribution in [3.8, 4) is 11.5 Å². The number of rotatable bonds is 6. The molecule has 2 rings (SSSR count). The molecule has 0 bridgehead atoms. The van der Waals surface area contributed by atoms with E-state index in [-0.39, 0.29) is 5.91 Å². The summed E-state index contributed by atoms with van der Waals surface area (Å²) < 4.78 is 11.0. The number of hydrogen-bond donors (Lipinski definition) is 0. The molecule has 1 aromatic carbocycles. The van der Waals surface area contributed by atoms with Gasteiger partial charge in [0.2, 0.25) is 5.91 Å². The Morgan fingerprint density at radius 1 is 1.30 bits per heavy atom. The number of ether oxygens (including phenoxy) is 2. The summed E-state index contributed by atoms with van der Waals surface area (Å²) >= 11 is 0. The molecule has 5 heteroatoms. The van der Waals surface area contributed by atoms with Crippen LogP contribution in [-0.2, 0) is 4.79 Å². The number of amides is 1. The van der Waals surface area contributed by atoms with E-state index in [9.17, 15) is 4.79 Å². The molecule has 0 N–H and O–H groups in total. The van der Waals surface area contributed by atoms with Crippen molar-refractivity contribution in [2.45, 2.75) is 32.2 Å². The maximum atomic E-state index is 12.3. The number of nitrogens with zero attached hydrogens (tertiary/aromatic N) is 2. The van der Waals surface area contributed by atoms with E-state index >= 15 is 0 Å². The van der Waals surface area contributed by atoms with Gasteiger partial charge in [-0.3, -0.25) is 4.79 Å². The van der Waals surface area contributed by atoms with E-state index < -0.39 is 0 Å². The molecule has 5 nitrogen and oxygen atoms in total. The van der Waals surface area contributed by atoms with E-state index in [1.807, 2.05) is 37.1 Å². The minimum absolute atomic E-state index is 0.144. The van der Waals surface area contributed by atoms with Crippen LogP contribution in [0.5, 0.6) is 11.5 Å². The maximum Gasteiger partial charge on any atom is 0.225 e. The summed E-state index contributed by atoms with van der Waals surface area (Å²) in [5.74, 6) is 1.54. The van der Waals surface area contributed by atoms with Gasteiger partial charge in [0.25, 0.3) is 0 Å². The molecule has 1 aromatic rings. The Balaban J connectivity index is 1.80. The Bertz CT molecular complexity index is 525. The third kappa shape index (κ3) is 4.86. The van der Waals surface area contributed by atoms with Crippen LogP contribution in [0.2, 0.25) is 0 Å². The van der Waals surface area contributed by atoms with E-state index in [1.165, 1.54) is 0 Å². The third-order valence-electron chi connectivity index (χ3n) is 4.52. The van der Waals surface area contributed by atoms with Crippen LogP contribution in [0.3, 0.4) is 0 Å². The van der Waals surface area contributed by atoms with Gasteiger partial charge in [0, 0.05) is 13.1 Å². The van der Waals surface area contributed by atoms with Crippen LogP contribution in [0.1, 0.15) is 24.8 Å². The highest BCUT2D eigenvalue weighted by Gasteiger charge is 2.23. The van der Waals surface area contributed by atoms with Crippen LogP contribution in [0, 0.1) is 6.92 Å². The fourth-order valence-corrected chi connectivity index (χ4v) is 2.90. The quantitative estimate of drug-likeness (QED) is 0.807. The number of methoxy groups -OCH3 is 1. The van der Waals surface area contributed by atoms with Crippen molar-refractivity contribution in [3.05, 3.63) is 23.8 Å². The van der Waals surface area contributed by atoms with Crippen LogP contribution in [-0.4, -0.2) is 62.7 Å². The van der Waals surface area contributed by atoms with Crippen molar-refractivity contribution >= 4 is 5.91 Å². The van der Waals surface area contributed by atoms with E-state index in [0.29, 0.717) is 30.6 Å². The highest BCUT2D eigenvalue weighted by molar-refractivity contribution is 5.76. The molecule has 0 aliphatic carbocycles. The largest absolute Gasteiger partial charge is 0.493 e. The molecule has 1 aliphatic heterocycles. The highest BCUT2D eigenvalue weighted by Crippen LogP contribution is 2.27. The average Bonchev–Trinajstić information content (AvgIpc) is 2.56. The fraction of sp³-hybridized carbons (Fsp3) is 0.611. The van der Waals surface area contributed by atoms with Crippen molar-refractivity contribution < 1.29 is 14.3 Å². The summed E-state index contributed by atoms with van der Waals surface area (Å²) in [6.07, 6.45) is 2.48. The Labute approximate surface area is 139 Å². The van der Waals surface area contributed by atoms with Crippen LogP contribution < -0.4 is 9.47 Å². The number of likely N-dealkylation sites (tertiary alicyclic amines) is 1. The summed E-state index contributed by atoms with van der Waals surface area (Å²) in [4.78, 5) is 16.5. The first kappa shape index (κ1) is 17.6. The first-order valence-corrected chi connectivity index (χ1v) is 8.23. The zero-order chi connectivity index (χ0) is 16.8. The molecule has 0 saturated carbocycles. The summed E-state index contributed by atoms with van der Waals surface area (Å²) in [6, 6.07) is 6.15. The van der Waals surface area contributed by atoms with Gasteiger partial charge in [-0.15, -0.1) is 0 Å². The molecule has 0 atom stereocenters. The lowest BCUT2D eigenvalue weighted by Crippen LogP contribution is -2.44. The molecule has 23 heavy (non-hydrogen) atoms. The molecule has 128 valence electrons. The Morgan fingerprint density at radius 3 is 2.65 bits per heavy atom. The fourth-order valence-electron chi connectivity index (χ4n) is 2.90. The Kier molecular flexibility index (Phi) is 6.28. The van der Waals surface area contributed by atoms with Gasteiger partial charge in [0.1, 0.15) is 0 Å². The predicted octanol–water partition coefficient (Wildman–Crippen LogP) is 2.33. The normalized spacial score (nSPS) is 16.2. The lowest BCUT2D eigenvalue weighted by Gasteiger charge is -2.35. The molecule has 1 aliphatic rings. The molecule has 1 fully saturated rings. The number of hydrogen-bond acceptors (Lipinski definition) is 4. The van der Waals surface area contributed by atoms with Crippen molar-refractivity contribution in [1.82, 2.24) is 9.80 Å². The summed E-state index contributed by atoms with van der Waals surface area (Å²) in [6.45, 7) is 4.49. The predicted molar refractivity (Wildman–Crippen MR) is 91.1 cm³/mol. The molecule has 0 radical (unpaired) electrons. The first-order valence-electron chi connectivity index (χ1n) is 8.23. The number of carbonyl (C=O) groups is 1. The topological polar surface area (TPSA) is 42.0 Å². The van der Waals surface area contributed by atoms with Crippen LogP contribution >= 0.6 is 0 Å². The second-order valence-corrected chi connectivity index (χ2v) is 6.29. The molecular formula is C18H28N2O3. The zero-order valence-electron chi connectivity index (χ0n) is 14.7. The van der Waals surface area contributed by atoms with E-state index in [0.717, 1.165) is 31.5 Å². The lowest BCUT2D eigenvalue weighted by atomic mass is 10.0. The summed E-state index contributed by atoms with van der Waals surface area (Å²) in [5, 5.41) is 0. The zero-order valence-corrected chi connectivity index (χ0v) is 14.7. The second-order valence-electron chi connectivity index (χ2n) is 6.29. The molecule has 1 heterocycles. The highest BCUT2D eigenvalue weighted by atomic mass is 16.5. The third-order valence-corrected chi connectivity index (χ3v) is 4.52. The van der Waals surface area contributed by atoms with E-state index in [4.69, 9.17) is 9.47 Å². The van der Waals surface area contributed by atoms with Crippen molar-refractivity contribution in [2.75, 3.05) is 40.9 Å². The van der Waals surface area contributed by atoms with E-state index in [2.05, 4.69) is 11.9 Å². The SMILES string of the molecule is COc1cc(C)ccc1OCCC(=O)N(C)C1CCN(C)CC1. The van der Waals surface area contributed by atoms with Gasteiger partial charge in [-0.25, -0.2) is 0 Å². The van der Waals surface area contributed by atoms with Gasteiger partial charge in [-0.05, 0) is 57.6 Å². The standard InChI is InChI=1S/C18H28N2O3/c1-14-5-6-16(17(13-14)22-4)23-12-9-18(21)20(3)15-7-10-19(2)11-8-15/h5-6,13,15H,7-12H2,1-4H3. The van der Waals surface area contributed by atoms with Crippen LogP contribution in [0.25, 0.3) is 0 Å². The van der Waals surface area contributed by atoms with Gasteiger partial charge < -0.3 is 19.3 Å². The van der Waals surface area contributed by atoms with Crippen molar-refractivity contribution in [3.63, 3.8) is 0 Å². The van der Waals surface area contributed by atoms with Crippen molar-refractivity contribution in [1.29, 1.82) is 0 Å². The molecule has 0 spiro atoms. The van der Waals surface area contributed by atoms with Gasteiger partial charge in [-0.1, -0.05) is 6.07 Å². The van der Waals surface area contributed by atoms with Crippen LogP contribution in [0.15, 0.2) is 18.2 Å². The van der Waals surface area contributed by atoms with E-state index in [1.54, 1.807) is 7.11 Å². The second kappa shape index (κ2) is 8.20. The van der Waals surface area contributed by atoms with Gasteiger partial charge >= 0.3 is 0 Å². The Hall–Kier alpha value is -1.75. The monoisotopic (exact) mass is 320 g/mol. The number of benzene rings is 1. The van der Waals surface area contributed by atoms with Crippen molar-refractivity contribution in [2.24, 2.45) is 0 Å². The maximum absolute atomic E-state index is 12.3. The summed E-state index contributed by atoms with van der Waals surface area (Å²) in [5.41, 5.74) is 1.12. The average molecular weight is 320 g/mol. The minimum atomic E-state index is 0.144.